The van der Waals surface area contributed by atoms with E-state index < -0.39 is 27.7 Å². The molecular weight excluding hydrogens is 445 g/mol. The van der Waals surface area contributed by atoms with E-state index in [1.54, 1.807) is 12.1 Å². The zero-order valence-electron chi connectivity index (χ0n) is 16.1. The van der Waals surface area contributed by atoms with Crippen LogP contribution < -0.4 is 10.0 Å². The number of rotatable bonds is 5. The topological polar surface area (TPSA) is 104 Å². The van der Waals surface area contributed by atoms with E-state index in [4.69, 9.17) is 0 Å². The van der Waals surface area contributed by atoms with Gasteiger partial charge in [0, 0.05) is 34.7 Å². The number of aromatic amines is 1. The van der Waals surface area contributed by atoms with Gasteiger partial charge in [-0.25, -0.2) is 13.4 Å². The Balaban J connectivity index is 1.55. The number of alkyl halides is 3. The standard InChI is InChI=1S/C21H15F3N4O3S/c22-21(23,24)14-5-2-6-15(11-14)27-20(29)13-4-1-7-16(10-13)28-32(30,31)18-12-26-19-17(18)8-3-9-25-19/h1-12,28H,(H,25,26)(H,27,29). The molecule has 0 aliphatic carbocycles. The average Bonchev–Trinajstić information content (AvgIpc) is 3.18. The van der Waals surface area contributed by atoms with Crippen LogP contribution in [0.4, 0.5) is 24.5 Å². The lowest BCUT2D eigenvalue weighted by molar-refractivity contribution is -0.137. The van der Waals surface area contributed by atoms with Crippen molar-refractivity contribution in [2.45, 2.75) is 11.1 Å². The number of aromatic nitrogens is 2. The summed E-state index contributed by atoms with van der Waals surface area (Å²) in [6, 6.07) is 13.0. The lowest BCUT2D eigenvalue weighted by Crippen LogP contribution is -2.15. The summed E-state index contributed by atoms with van der Waals surface area (Å²) < 4.78 is 66.6. The first-order valence-corrected chi connectivity index (χ1v) is 10.7. The molecule has 2 aromatic heterocycles. The quantitative estimate of drug-likeness (QED) is 0.404. The minimum absolute atomic E-state index is 0.0144. The Morgan fingerprint density at radius 3 is 2.50 bits per heavy atom. The molecule has 4 aromatic rings. The Morgan fingerprint density at radius 1 is 0.969 bits per heavy atom. The maximum atomic E-state index is 12.9. The highest BCUT2D eigenvalue weighted by molar-refractivity contribution is 7.93. The van der Waals surface area contributed by atoms with Crippen molar-refractivity contribution in [3.63, 3.8) is 0 Å². The van der Waals surface area contributed by atoms with Crippen molar-refractivity contribution in [2.24, 2.45) is 0 Å². The number of anilines is 2. The third-order valence-corrected chi connectivity index (χ3v) is 5.95. The summed E-state index contributed by atoms with van der Waals surface area (Å²) in [7, 11) is -4.00. The number of nitrogens with one attached hydrogen (secondary N) is 3. The fraction of sp³-hybridized carbons (Fsp3) is 0.0476. The van der Waals surface area contributed by atoms with E-state index in [2.05, 4.69) is 20.0 Å². The van der Waals surface area contributed by atoms with Gasteiger partial charge in [-0.1, -0.05) is 12.1 Å². The molecule has 0 aliphatic heterocycles. The number of amides is 1. The number of hydrogen-bond donors (Lipinski definition) is 3. The normalized spacial score (nSPS) is 12.0. The Kier molecular flexibility index (Phi) is 5.35. The van der Waals surface area contributed by atoms with Gasteiger partial charge in [0.25, 0.3) is 15.9 Å². The number of pyridine rings is 1. The molecule has 32 heavy (non-hydrogen) atoms. The van der Waals surface area contributed by atoms with Crippen LogP contribution in [0, 0.1) is 0 Å². The Labute approximate surface area is 180 Å². The molecule has 0 aliphatic rings. The van der Waals surface area contributed by atoms with Gasteiger partial charge in [0.2, 0.25) is 0 Å². The molecule has 2 heterocycles. The molecule has 11 heteroatoms. The van der Waals surface area contributed by atoms with Crippen LogP contribution in [0.1, 0.15) is 15.9 Å². The van der Waals surface area contributed by atoms with Crippen molar-refractivity contribution in [1.82, 2.24) is 9.97 Å². The lowest BCUT2D eigenvalue weighted by atomic mass is 10.1. The van der Waals surface area contributed by atoms with Gasteiger partial charge >= 0.3 is 6.18 Å². The number of nitrogens with zero attached hydrogens (tertiary/aromatic N) is 1. The highest BCUT2D eigenvalue weighted by Gasteiger charge is 2.30. The smallest absolute Gasteiger partial charge is 0.345 e. The van der Waals surface area contributed by atoms with Crippen LogP contribution in [-0.4, -0.2) is 24.3 Å². The van der Waals surface area contributed by atoms with E-state index in [-0.39, 0.29) is 21.8 Å². The Morgan fingerprint density at radius 2 is 1.72 bits per heavy atom. The first-order valence-electron chi connectivity index (χ1n) is 9.17. The maximum Gasteiger partial charge on any atom is 0.416 e. The largest absolute Gasteiger partial charge is 0.416 e. The van der Waals surface area contributed by atoms with E-state index in [0.717, 1.165) is 12.1 Å². The van der Waals surface area contributed by atoms with Gasteiger partial charge in [-0.15, -0.1) is 0 Å². The van der Waals surface area contributed by atoms with Crippen LogP contribution >= 0.6 is 0 Å². The van der Waals surface area contributed by atoms with Crippen LogP contribution in [0.5, 0.6) is 0 Å². The molecule has 0 atom stereocenters. The summed E-state index contributed by atoms with van der Waals surface area (Å²) in [4.78, 5) is 19.3. The van der Waals surface area contributed by atoms with Gasteiger partial charge in [-0.3, -0.25) is 9.52 Å². The minimum Gasteiger partial charge on any atom is -0.345 e. The third kappa shape index (κ3) is 4.42. The molecule has 1 amide bonds. The molecule has 0 radical (unpaired) electrons. The maximum absolute atomic E-state index is 12.9. The van der Waals surface area contributed by atoms with Gasteiger partial charge in [0.15, 0.2) is 0 Å². The first-order chi connectivity index (χ1) is 15.1. The summed E-state index contributed by atoms with van der Waals surface area (Å²) in [5.41, 5.74) is -0.364. The molecule has 4 rings (SSSR count). The first kappa shape index (κ1) is 21.4. The van der Waals surface area contributed by atoms with Crippen molar-refractivity contribution in [1.29, 1.82) is 0 Å². The van der Waals surface area contributed by atoms with E-state index in [1.807, 2.05) is 0 Å². The molecule has 0 bridgehead atoms. The van der Waals surface area contributed by atoms with Crippen LogP contribution in [0.25, 0.3) is 11.0 Å². The molecular formula is C21H15F3N4O3S. The van der Waals surface area contributed by atoms with Gasteiger partial charge in [0.05, 0.1) is 5.56 Å². The second kappa shape index (κ2) is 8.00. The molecule has 0 fully saturated rings. The number of sulfonamides is 1. The van der Waals surface area contributed by atoms with E-state index >= 15 is 0 Å². The fourth-order valence-corrected chi connectivity index (χ4v) is 4.28. The van der Waals surface area contributed by atoms with Crippen LogP contribution in [0.2, 0.25) is 0 Å². The predicted octanol–water partition coefficient (Wildman–Crippen LogP) is 4.63. The Bertz CT molecular complexity index is 1420. The van der Waals surface area contributed by atoms with E-state index in [9.17, 15) is 26.4 Å². The summed E-state index contributed by atoms with van der Waals surface area (Å²) in [5.74, 6) is -0.693. The van der Waals surface area contributed by atoms with Gasteiger partial charge in [-0.2, -0.15) is 13.2 Å². The van der Waals surface area contributed by atoms with Gasteiger partial charge in [-0.05, 0) is 48.5 Å². The van der Waals surface area contributed by atoms with Crippen molar-refractivity contribution >= 4 is 38.3 Å². The summed E-state index contributed by atoms with van der Waals surface area (Å²) in [5, 5.41) is 2.78. The van der Waals surface area contributed by atoms with Crippen molar-refractivity contribution in [3.8, 4) is 0 Å². The number of benzene rings is 2. The average molecular weight is 460 g/mol. The third-order valence-electron chi connectivity index (χ3n) is 4.53. The molecule has 0 saturated heterocycles. The zero-order chi connectivity index (χ0) is 22.9. The summed E-state index contributed by atoms with van der Waals surface area (Å²) >= 11 is 0. The summed E-state index contributed by atoms with van der Waals surface area (Å²) in [6.45, 7) is 0. The van der Waals surface area contributed by atoms with Crippen molar-refractivity contribution in [3.05, 3.63) is 84.2 Å². The number of halogens is 3. The molecule has 3 N–H and O–H groups in total. The van der Waals surface area contributed by atoms with Gasteiger partial charge < -0.3 is 10.3 Å². The zero-order valence-corrected chi connectivity index (χ0v) is 17.0. The number of carbonyl (C=O) groups excluding carboxylic acids is 1. The van der Waals surface area contributed by atoms with E-state index in [0.29, 0.717) is 11.0 Å². The predicted molar refractivity (Wildman–Crippen MR) is 113 cm³/mol. The minimum atomic E-state index is -4.54. The Hall–Kier alpha value is -3.86. The molecule has 0 saturated carbocycles. The number of H-pyrrole nitrogens is 1. The molecule has 2 aromatic carbocycles. The summed E-state index contributed by atoms with van der Waals surface area (Å²) in [6.07, 6.45) is -1.71. The van der Waals surface area contributed by atoms with E-state index in [1.165, 1.54) is 48.8 Å². The molecule has 0 spiro atoms. The highest BCUT2D eigenvalue weighted by atomic mass is 32.2. The highest BCUT2D eigenvalue weighted by Crippen LogP contribution is 2.31. The molecule has 164 valence electrons. The van der Waals surface area contributed by atoms with Crippen LogP contribution in [-0.2, 0) is 16.2 Å². The second-order valence-corrected chi connectivity index (χ2v) is 8.42. The van der Waals surface area contributed by atoms with Gasteiger partial charge in [0.1, 0.15) is 10.5 Å². The number of fused-ring (bicyclic) bond motifs is 1. The number of hydrogen-bond acceptors (Lipinski definition) is 4. The van der Waals surface area contributed by atoms with Crippen molar-refractivity contribution < 1.29 is 26.4 Å². The molecule has 7 nitrogen and oxygen atoms in total. The van der Waals surface area contributed by atoms with Crippen LogP contribution in [0.3, 0.4) is 0 Å². The number of carbonyl (C=O) groups is 1. The van der Waals surface area contributed by atoms with Crippen molar-refractivity contribution in [2.75, 3.05) is 10.0 Å². The monoisotopic (exact) mass is 460 g/mol. The molecule has 0 unspecified atom stereocenters. The SMILES string of the molecule is O=C(Nc1cccc(C(F)(F)F)c1)c1cccc(NS(=O)(=O)c2c[nH]c3ncccc23)c1. The lowest BCUT2D eigenvalue weighted by Gasteiger charge is -2.11. The second-order valence-electron chi connectivity index (χ2n) is 6.77. The fourth-order valence-electron chi connectivity index (χ4n) is 3.06. The van der Waals surface area contributed by atoms with Crippen LogP contribution in [0.15, 0.2) is 78.0 Å².